The van der Waals surface area contributed by atoms with Crippen LogP contribution in [0.5, 0.6) is 0 Å². The molecule has 3 aromatic carbocycles. The summed E-state index contributed by atoms with van der Waals surface area (Å²) in [6.07, 6.45) is 0.996. The molecule has 0 aliphatic heterocycles. The van der Waals surface area contributed by atoms with Crippen molar-refractivity contribution in [3.63, 3.8) is 0 Å². The van der Waals surface area contributed by atoms with E-state index in [1.54, 1.807) is 0 Å². The Morgan fingerprint density at radius 2 is 1.62 bits per heavy atom. The number of nitrogens with zero attached hydrogens (tertiary/aromatic N) is 2. The summed E-state index contributed by atoms with van der Waals surface area (Å²) in [5.41, 5.74) is 4.65. The predicted molar refractivity (Wildman–Crippen MR) is 109 cm³/mol. The number of rotatable bonds is 5. The maximum atomic E-state index is 6.22. The second-order valence-corrected chi connectivity index (χ2v) is 6.98. The van der Waals surface area contributed by atoms with Crippen LogP contribution in [0, 0.1) is 0 Å². The van der Waals surface area contributed by atoms with Crippen LogP contribution in [-0.2, 0) is 6.54 Å². The smallest absolute Gasteiger partial charge is 0.117 e. The van der Waals surface area contributed by atoms with E-state index in [0.29, 0.717) is 0 Å². The van der Waals surface area contributed by atoms with Crippen molar-refractivity contribution >= 4 is 22.6 Å². The minimum Gasteiger partial charge on any atom is -0.323 e. The molecular formula is C23H21ClN2. The van der Waals surface area contributed by atoms with Crippen LogP contribution in [0.15, 0.2) is 78.9 Å². The third kappa shape index (κ3) is 3.25. The van der Waals surface area contributed by atoms with Gasteiger partial charge < -0.3 is 4.57 Å². The van der Waals surface area contributed by atoms with Crippen molar-refractivity contribution in [2.75, 3.05) is 0 Å². The van der Waals surface area contributed by atoms with Crippen LogP contribution in [0.25, 0.3) is 11.0 Å². The number of aromatic nitrogens is 2. The van der Waals surface area contributed by atoms with Crippen molar-refractivity contribution in [2.24, 2.45) is 0 Å². The zero-order valence-electron chi connectivity index (χ0n) is 14.8. The highest BCUT2D eigenvalue weighted by Crippen LogP contribution is 2.31. The number of hydrogen-bond donors (Lipinski definition) is 0. The van der Waals surface area contributed by atoms with E-state index in [9.17, 15) is 0 Å². The third-order valence-electron chi connectivity index (χ3n) is 4.85. The summed E-state index contributed by atoms with van der Waals surface area (Å²) in [7, 11) is 0. The molecule has 1 aromatic heterocycles. The van der Waals surface area contributed by atoms with E-state index in [1.807, 2.05) is 12.1 Å². The van der Waals surface area contributed by atoms with E-state index in [4.69, 9.17) is 16.6 Å². The fraction of sp³-hybridized carbons (Fsp3) is 0.174. The van der Waals surface area contributed by atoms with Crippen molar-refractivity contribution in [1.29, 1.82) is 0 Å². The number of imidazole rings is 1. The monoisotopic (exact) mass is 360 g/mol. The molecule has 0 N–H and O–H groups in total. The zero-order valence-corrected chi connectivity index (χ0v) is 15.5. The summed E-state index contributed by atoms with van der Waals surface area (Å²) in [4.78, 5) is 5.00. The quantitative estimate of drug-likeness (QED) is 0.409. The van der Waals surface area contributed by atoms with E-state index in [0.717, 1.165) is 34.8 Å². The topological polar surface area (TPSA) is 17.8 Å². The third-order valence-corrected chi connectivity index (χ3v) is 5.08. The van der Waals surface area contributed by atoms with Gasteiger partial charge in [-0.25, -0.2) is 4.98 Å². The molecule has 4 rings (SSSR count). The highest BCUT2D eigenvalue weighted by atomic mass is 35.5. The van der Waals surface area contributed by atoms with Gasteiger partial charge in [-0.1, -0.05) is 79.2 Å². The molecule has 0 spiro atoms. The molecule has 0 saturated heterocycles. The largest absolute Gasteiger partial charge is 0.323 e. The van der Waals surface area contributed by atoms with E-state index in [1.165, 1.54) is 11.1 Å². The van der Waals surface area contributed by atoms with Crippen LogP contribution in [0.3, 0.4) is 0 Å². The van der Waals surface area contributed by atoms with E-state index in [2.05, 4.69) is 78.2 Å². The molecule has 0 bridgehead atoms. The molecule has 0 amide bonds. The van der Waals surface area contributed by atoms with Crippen LogP contribution in [-0.4, -0.2) is 9.55 Å². The first-order chi connectivity index (χ1) is 12.8. The molecule has 1 unspecified atom stereocenters. The van der Waals surface area contributed by atoms with Crippen LogP contribution >= 0.6 is 11.6 Å². The fourth-order valence-electron chi connectivity index (χ4n) is 3.57. The van der Waals surface area contributed by atoms with Gasteiger partial charge in [0.2, 0.25) is 0 Å². The van der Waals surface area contributed by atoms with Gasteiger partial charge in [0, 0.05) is 17.5 Å². The molecule has 4 aromatic rings. The van der Waals surface area contributed by atoms with Crippen molar-refractivity contribution < 1.29 is 0 Å². The fourth-order valence-corrected chi connectivity index (χ4v) is 3.74. The number of benzene rings is 3. The van der Waals surface area contributed by atoms with Gasteiger partial charge >= 0.3 is 0 Å². The minimum absolute atomic E-state index is 0.256. The normalized spacial score (nSPS) is 12.4. The highest BCUT2D eigenvalue weighted by Gasteiger charge is 2.21. The van der Waals surface area contributed by atoms with Gasteiger partial charge in [0.1, 0.15) is 5.82 Å². The molecule has 0 fully saturated rings. The number of halogens is 1. The molecule has 1 heterocycles. The molecular weight excluding hydrogens is 340 g/mol. The van der Waals surface area contributed by atoms with E-state index >= 15 is 0 Å². The van der Waals surface area contributed by atoms with Crippen molar-refractivity contribution in [2.45, 2.75) is 25.8 Å². The SMILES string of the molecule is CCC(c1ccccc1)c1nc2cc(Cl)ccc2n1Cc1ccccc1. The summed E-state index contributed by atoms with van der Waals surface area (Å²) in [6, 6.07) is 27.1. The summed E-state index contributed by atoms with van der Waals surface area (Å²) in [5, 5.41) is 0.723. The van der Waals surface area contributed by atoms with Gasteiger partial charge in [-0.3, -0.25) is 0 Å². The Bertz CT molecular complexity index is 1010. The van der Waals surface area contributed by atoms with Crippen LogP contribution in [0.4, 0.5) is 0 Å². The maximum absolute atomic E-state index is 6.22. The molecule has 1 atom stereocenters. The van der Waals surface area contributed by atoms with Gasteiger partial charge in [0.15, 0.2) is 0 Å². The molecule has 130 valence electrons. The number of fused-ring (bicyclic) bond motifs is 1. The average molecular weight is 361 g/mol. The molecule has 3 heteroatoms. The Morgan fingerprint density at radius 3 is 2.31 bits per heavy atom. The zero-order chi connectivity index (χ0) is 17.9. The van der Waals surface area contributed by atoms with Crippen LogP contribution < -0.4 is 0 Å². The van der Waals surface area contributed by atoms with E-state index < -0.39 is 0 Å². The Labute approximate surface area is 159 Å². The molecule has 0 saturated carbocycles. The second kappa shape index (κ2) is 7.35. The van der Waals surface area contributed by atoms with Crippen molar-refractivity contribution in [3.05, 3.63) is 101 Å². The maximum Gasteiger partial charge on any atom is 0.117 e. The molecule has 0 aliphatic carbocycles. The lowest BCUT2D eigenvalue weighted by Gasteiger charge is -2.18. The Kier molecular flexibility index (Phi) is 4.77. The highest BCUT2D eigenvalue weighted by molar-refractivity contribution is 6.31. The summed E-state index contributed by atoms with van der Waals surface area (Å²) in [6.45, 7) is 3.02. The standard InChI is InChI=1S/C23H21ClN2/c1-2-20(18-11-7-4-8-12-18)23-25-21-15-19(24)13-14-22(21)26(23)16-17-9-5-3-6-10-17/h3-15,20H,2,16H2,1H3. The Morgan fingerprint density at radius 1 is 0.923 bits per heavy atom. The lowest BCUT2D eigenvalue weighted by atomic mass is 9.95. The lowest BCUT2D eigenvalue weighted by molar-refractivity contribution is 0.655. The van der Waals surface area contributed by atoms with Gasteiger partial charge in [-0.15, -0.1) is 0 Å². The molecule has 2 nitrogen and oxygen atoms in total. The molecule has 26 heavy (non-hydrogen) atoms. The lowest BCUT2D eigenvalue weighted by Crippen LogP contribution is -2.11. The van der Waals surface area contributed by atoms with Gasteiger partial charge in [0.25, 0.3) is 0 Å². The first-order valence-electron chi connectivity index (χ1n) is 9.01. The van der Waals surface area contributed by atoms with E-state index in [-0.39, 0.29) is 5.92 Å². The first kappa shape index (κ1) is 16.9. The second-order valence-electron chi connectivity index (χ2n) is 6.55. The van der Waals surface area contributed by atoms with Crippen LogP contribution in [0.1, 0.15) is 36.2 Å². The predicted octanol–water partition coefficient (Wildman–Crippen LogP) is 6.28. The molecule has 0 aliphatic rings. The van der Waals surface area contributed by atoms with Gasteiger partial charge in [-0.05, 0) is 35.7 Å². The van der Waals surface area contributed by atoms with Crippen LogP contribution in [0.2, 0.25) is 5.02 Å². The number of hydrogen-bond acceptors (Lipinski definition) is 1. The Hall–Kier alpha value is -2.58. The average Bonchev–Trinajstić information content (AvgIpc) is 3.01. The summed E-state index contributed by atoms with van der Waals surface area (Å²) >= 11 is 6.22. The van der Waals surface area contributed by atoms with Gasteiger partial charge in [0.05, 0.1) is 11.0 Å². The van der Waals surface area contributed by atoms with Crippen molar-refractivity contribution in [1.82, 2.24) is 9.55 Å². The molecule has 0 radical (unpaired) electrons. The summed E-state index contributed by atoms with van der Waals surface area (Å²) < 4.78 is 2.34. The Balaban J connectivity index is 1.88. The minimum atomic E-state index is 0.256. The summed E-state index contributed by atoms with van der Waals surface area (Å²) in [5.74, 6) is 1.35. The van der Waals surface area contributed by atoms with Gasteiger partial charge in [-0.2, -0.15) is 0 Å². The first-order valence-corrected chi connectivity index (χ1v) is 9.38. The van der Waals surface area contributed by atoms with Crippen molar-refractivity contribution in [3.8, 4) is 0 Å².